The topological polar surface area (TPSA) is 25.8 Å². The predicted octanol–water partition coefficient (Wildman–Crippen LogP) is 9.68. The molecule has 0 unspecified atom stereocenters. The maximum Gasteiger partial charge on any atom is 0.0245 e. The van der Waals surface area contributed by atoms with Crippen LogP contribution in [0, 0.1) is 12.1 Å². The van der Waals surface area contributed by atoms with Crippen LogP contribution in [-0.4, -0.2) is 23.2 Å². The summed E-state index contributed by atoms with van der Waals surface area (Å²) in [7, 11) is 0. The molecule has 2 nitrogen and oxygen atoms in total. The van der Waals surface area contributed by atoms with Crippen molar-refractivity contribution in [2.24, 2.45) is 0 Å². The van der Waals surface area contributed by atoms with Gasteiger partial charge in [0.25, 0.3) is 0 Å². The van der Waals surface area contributed by atoms with Gasteiger partial charge in [-0.1, -0.05) is 60.0 Å². The zero-order valence-electron chi connectivity index (χ0n) is 23.8. The van der Waals surface area contributed by atoms with Crippen LogP contribution in [-0.2, 0) is 20.1 Å². The normalized spacial score (nSPS) is 11.0. The minimum absolute atomic E-state index is 0. The Kier molecular flexibility index (Phi) is 9.50. The van der Waals surface area contributed by atoms with Crippen LogP contribution >= 0.6 is 11.3 Å². The molecule has 42 heavy (non-hydrogen) atoms. The zero-order valence-corrected chi connectivity index (χ0v) is 29.1. The Bertz CT molecular complexity index is 1900. The Morgan fingerprint density at radius 3 is 2.10 bits per heavy atom. The molecule has 0 spiro atoms. The molecule has 0 amide bonds. The van der Waals surface area contributed by atoms with Gasteiger partial charge in [-0.15, -0.1) is 23.8 Å². The summed E-state index contributed by atoms with van der Waals surface area (Å²) >= 11 is 0.107. The molecular formula is C37H30GeIrN2S-2. The molecule has 0 fully saturated rings. The summed E-state index contributed by atoms with van der Waals surface area (Å²) in [6, 6.07) is 46.4. The van der Waals surface area contributed by atoms with Crippen LogP contribution in [0.25, 0.3) is 53.8 Å². The van der Waals surface area contributed by atoms with Gasteiger partial charge in [0.15, 0.2) is 0 Å². The molecule has 5 heteroatoms. The van der Waals surface area contributed by atoms with E-state index in [1.54, 1.807) is 0 Å². The van der Waals surface area contributed by atoms with Crippen molar-refractivity contribution >= 4 is 49.2 Å². The minimum atomic E-state index is -1.72. The summed E-state index contributed by atoms with van der Waals surface area (Å²) in [5.41, 5.74) is 6.59. The number of fused-ring (bicyclic) bond motifs is 3. The van der Waals surface area contributed by atoms with Gasteiger partial charge in [0, 0.05) is 31.0 Å². The van der Waals surface area contributed by atoms with Gasteiger partial charge < -0.3 is 4.98 Å². The first-order valence-electron chi connectivity index (χ1n) is 13.7. The molecule has 0 aliphatic rings. The van der Waals surface area contributed by atoms with Crippen molar-refractivity contribution in [2.45, 2.75) is 17.3 Å². The first kappa shape index (κ1) is 30.1. The third kappa shape index (κ3) is 6.80. The van der Waals surface area contributed by atoms with E-state index in [1.807, 2.05) is 66.2 Å². The maximum absolute atomic E-state index is 4.53. The van der Waals surface area contributed by atoms with Gasteiger partial charge in [0.1, 0.15) is 0 Å². The standard InChI is InChI=1S/C23H14NS.C14H16GeN.Ir/c1-2-6-16(7-3-1)17-9-11-19-20-14-18(21-8-4-5-13-24-21)10-12-22(20)25-23(19)15-17;1-15(2,3)13-9-10-14(16-11-13)12-7-5-4-6-8-12;/h1-9,11-15H;4-7,9-11H,1-3H3;/q2*-1;. The van der Waals surface area contributed by atoms with E-state index in [2.05, 4.69) is 112 Å². The van der Waals surface area contributed by atoms with Gasteiger partial charge in [-0.25, -0.2) is 0 Å². The largest absolute Gasteiger partial charge is 0.305 e. The van der Waals surface area contributed by atoms with Crippen LogP contribution in [0.4, 0.5) is 0 Å². The summed E-state index contributed by atoms with van der Waals surface area (Å²) in [4.78, 5) is 8.98. The van der Waals surface area contributed by atoms with E-state index in [9.17, 15) is 0 Å². The van der Waals surface area contributed by atoms with Crippen molar-refractivity contribution in [1.82, 2.24) is 9.97 Å². The summed E-state index contributed by atoms with van der Waals surface area (Å²) in [5.74, 6) is 7.14. The van der Waals surface area contributed by atoms with Crippen LogP contribution in [0.5, 0.6) is 0 Å². The van der Waals surface area contributed by atoms with Crippen molar-refractivity contribution in [3.05, 3.63) is 140 Å². The van der Waals surface area contributed by atoms with E-state index in [-0.39, 0.29) is 20.1 Å². The molecule has 4 aromatic carbocycles. The summed E-state index contributed by atoms with van der Waals surface area (Å²) in [6.45, 7) is 0. The molecule has 0 saturated carbocycles. The Hall–Kier alpha value is -3.41. The van der Waals surface area contributed by atoms with Crippen LogP contribution in [0.3, 0.4) is 0 Å². The molecule has 3 aromatic heterocycles. The predicted molar refractivity (Wildman–Crippen MR) is 178 cm³/mol. The van der Waals surface area contributed by atoms with Crippen molar-refractivity contribution in [1.29, 1.82) is 0 Å². The van der Waals surface area contributed by atoms with Crippen molar-refractivity contribution < 1.29 is 20.1 Å². The quantitative estimate of drug-likeness (QED) is 0.131. The van der Waals surface area contributed by atoms with Gasteiger partial charge in [-0.3, -0.25) is 0 Å². The van der Waals surface area contributed by atoms with E-state index < -0.39 is 13.3 Å². The van der Waals surface area contributed by atoms with Gasteiger partial charge in [0.05, 0.1) is 0 Å². The third-order valence-corrected chi connectivity index (χ3v) is 12.4. The summed E-state index contributed by atoms with van der Waals surface area (Å²) < 4.78 is 4.02. The molecule has 3 heterocycles. The fourth-order valence-electron chi connectivity index (χ4n) is 4.75. The van der Waals surface area contributed by atoms with E-state index in [0.717, 1.165) is 22.5 Å². The van der Waals surface area contributed by atoms with E-state index >= 15 is 0 Å². The number of nitrogens with zero attached hydrogens (tertiary/aromatic N) is 2. The molecular weight excluding hydrogens is 769 g/mol. The van der Waals surface area contributed by atoms with Crippen molar-refractivity contribution in [3.8, 4) is 33.6 Å². The molecule has 0 bridgehead atoms. The number of hydrogen-bond acceptors (Lipinski definition) is 3. The Morgan fingerprint density at radius 1 is 0.619 bits per heavy atom. The average molecular weight is 800 g/mol. The number of rotatable bonds is 4. The Balaban J connectivity index is 0.000000181. The monoisotopic (exact) mass is 801 g/mol. The molecule has 7 aromatic rings. The molecule has 0 aliphatic heterocycles. The molecule has 0 N–H and O–H groups in total. The van der Waals surface area contributed by atoms with E-state index in [1.165, 1.54) is 35.7 Å². The number of thiophene rings is 1. The van der Waals surface area contributed by atoms with Crippen LogP contribution in [0.2, 0.25) is 17.3 Å². The first-order chi connectivity index (χ1) is 20.0. The molecule has 1 radical (unpaired) electrons. The third-order valence-electron chi connectivity index (χ3n) is 7.07. The van der Waals surface area contributed by atoms with Crippen molar-refractivity contribution in [2.75, 3.05) is 0 Å². The smallest absolute Gasteiger partial charge is 0.0245 e. The van der Waals surface area contributed by atoms with Crippen LogP contribution in [0.1, 0.15) is 0 Å². The van der Waals surface area contributed by atoms with Gasteiger partial charge in [-0.2, -0.15) is 11.3 Å². The Morgan fingerprint density at radius 2 is 1.40 bits per heavy atom. The molecule has 209 valence electrons. The second-order valence-corrected chi connectivity index (χ2v) is 22.7. The minimum Gasteiger partial charge on any atom is -0.305 e. The van der Waals surface area contributed by atoms with E-state index in [4.69, 9.17) is 0 Å². The number of pyridine rings is 2. The summed E-state index contributed by atoms with van der Waals surface area (Å²) in [5, 5.41) is 2.57. The number of benzene rings is 4. The van der Waals surface area contributed by atoms with E-state index in [0.29, 0.717) is 0 Å². The molecule has 7 rings (SSSR count). The van der Waals surface area contributed by atoms with Crippen LogP contribution in [0.15, 0.2) is 128 Å². The molecule has 0 saturated heterocycles. The SMILES string of the molecule is [CH3][Ge]([CH3])([CH3])[c]1ccc(-c2[c-]cccc2)nc1.[Ir].[c-]1cc2sc3cc(-c4ccccc4)ccc3c2cc1-c1ccccn1. The van der Waals surface area contributed by atoms with Gasteiger partial charge in [0.2, 0.25) is 0 Å². The fourth-order valence-corrected chi connectivity index (χ4v) is 8.03. The number of aromatic nitrogens is 2. The second kappa shape index (κ2) is 13.3. The van der Waals surface area contributed by atoms with Gasteiger partial charge >= 0.3 is 99.8 Å². The second-order valence-electron chi connectivity index (χ2n) is 11.0. The molecule has 0 aliphatic carbocycles. The first-order valence-corrected chi connectivity index (χ1v) is 21.9. The zero-order chi connectivity index (χ0) is 28.2. The van der Waals surface area contributed by atoms with Gasteiger partial charge in [-0.05, 0) is 39.0 Å². The number of hydrogen-bond donors (Lipinski definition) is 0. The summed E-state index contributed by atoms with van der Waals surface area (Å²) in [6.07, 6.45) is 3.86. The maximum atomic E-state index is 4.53. The average Bonchev–Trinajstić information content (AvgIpc) is 3.39. The van der Waals surface area contributed by atoms with Crippen molar-refractivity contribution in [3.63, 3.8) is 0 Å². The fraction of sp³-hybridized carbons (Fsp3) is 0.0811. The van der Waals surface area contributed by atoms with Crippen LogP contribution < -0.4 is 4.40 Å². The molecule has 0 atom stereocenters. The Labute approximate surface area is 268 Å².